The molecule has 1 heterocycles. The Labute approximate surface area is 206 Å². The van der Waals surface area contributed by atoms with Crippen molar-refractivity contribution in [2.24, 2.45) is 11.7 Å². The van der Waals surface area contributed by atoms with Gasteiger partial charge in [-0.3, -0.25) is 19.3 Å². The van der Waals surface area contributed by atoms with Crippen LogP contribution in [0.15, 0.2) is 24.3 Å². The lowest BCUT2D eigenvalue weighted by Gasteiger charge is -2.31. The van der Waals surface area contributed by atoms with Crippen LogP contribution in [0.3, 0.4) is 0 Å². The first kappa shape index (κ1) is 28.1. The number of carbonyl (C=O) groups is 3. The SMILES string of the molecule is CCCC[C@H](C(=O)NCCC(C)C)N(C(=O)c1snc(C(N)=O)c1N)c1cccc(C(F)(F)F)c1. The number of nitrogens with two attached hydrogens (primary N) is 2. The first-order chi connectivity index (χ1) is 16.4. The van der Waals surface area contributed by atoms with Gasteiger partial charge in [-0.15, -0.1) is 0 Å². The third-order valence-corrected chi connectivity index (χ3v) is 6.14. The molecule has 0 saturated heterocycles. The summed E-state index contributed by atoms with van der Waals surface area (Å²) in [6, 6.07) is 3.06. The van der Waals surface area contributed by atoms with Crippen LogP contribution in [0.4, 0.5) is 24.5 Å². The Bertz CT molecular complexity index is 1060. The maximum Gasteiger partial charge on any atom is 0.416 e. The van der Waals surface area contributed by atoms with E-state index in [1.807, 2.05) is 20.8 Å². The molecule has 0 radical (unpaired) electrons. The molecule has 1 aromatic heterocycles. The van der Waals surface area contributed by atoms with Gasteiger partial charge in [0.25, 0.3) is 11.8 Å². The molecule has 1 aromatic carbocycles. The summed E-state index contributed by atoms with van der Waals surface area (Å²) in [4.78, 5) is 39.3. The van der Waals surface area contributed by atoms with Crippen LogP contribution in [0.2, 0.25) is 0 Å². The zero-order chi connectivity index (χ0) is 26.3. The summed E-state index contributed by atoms with van der Waals surface area (Å²) in [5.74, 6) is -1.97. The Balaban J connectivity index is 2.60. The molecule has 8 nitrogen and oxygen atoms in total. The maximum absolute atomic E-state index is 13.7. The van der Waals surface area contributed by atoms with E-state index in [4.69, 9.17) is 11.5 Å². The Morgan fingerprint density at radius 3 is 2.43 bits per heavy atom. The summed E-state index contributed by atoms with van der Waals surface area (Å²) in [5.41, 5.74) is 9.49. The largest absolute Gasteiger partial charge is 0.416 e. The van der Waals surface area contributed by atoms with E-state index >= 15 is 0 Å². The molecule has 3 amide bonds. The van der Waals surface area contributed by atoms with Gasteiger partial charge in [-0.1, -0.05) is 39.7 Å². The number of nitrogens with one attached hydrogen (secondary N) is 1. The van der Waals surface area contributed by atoms with Crippen LogP contribution in [0.1, 0.15) is 72.2 Å². The monoisotopic (exact) mass is 513 g/mol. The quantitative estimate of drug-likeness (QED) is 0.414. The highest BCUT2D eigenvalue weighted by atomic mass is 32.1. The summed E-state index contributed by atoms with van der Waals surface area (Å²) in [5, 5.41) is 2.79. The summed E-state index contributed by atoms with van der Waals surface area (Å²) >= 11 is 0.599. The van der Waals surface area contributed by atoms with Crippen molar-refractivity contribution in [3.63, 3.8) is 0 Å². The fraction of sp³-hybridized carbons (Fsp3) is 0.478. The fourth-order valence-electron chi connectivity index (χ4n) is 3.39. The highest BCUT2D eigenvalue weighted by Gasteiger charge is 2.36. The number of nitrogen functional groups attached to an aromatic ring is 1. The summed E-state index contributed by atoms with van der Waals surface area (Å²) in [6.07, 6.45) is -2.54. The number of primary amides is 1. The molecule has 0 spiro atoms. The fourth-order valence-corrected chi connectivity index (χ4v) is 4.13. The van der Waals surface area contributed by atoms with Gasteiger partial charge in [0.2, 0.25) is 5.91 Å². The van der Waals surface area contributed by atoms with Gasteiger partial charge in [-0.2, -0.15) is 17.5 Å². The second-order valence-corrected chi connectivity index (χ2v) is 9.27. The number of aromatic nitrogens is 1. The van der Waals surface area contributed by atoms with E-state index in [1.54, 1.807) is 0 Å². The number of hydrogen-bond donors (Lipinski definition) is 3. The molecule has 0 aliphatic heterocycles. The van der Waals surface area contributed by atoms with E-state index in [-0.39, 0.29) is 28.4 Å². The number of carbonyl (C=O) groups excluding carboxylic acids is 3. The molecule has 2 rings (SSSR count). The lowest BCUT2D eigenvalue weighted by atomic mass is 10.0. The van der Waals surface area contributed by atoms with Crippen molar-refractivity contribution < 1.29 is 27.6 Å². The van der Waals surface area contributed by atoms with Crippen molar-refractivity contribution >= 4 is 40.6 Å². The number of benzene rings is 1. The normalized spacial score (nSPS) is 12.4. The molecule has 0 unspecified atom stereocenters. The van der Waals surface area contributed by atoms with E-state index in [9.17, 15) is 27.6 Å². The van der Waals surface area contributed by atoms with E-state index in [2.05, 4.69) is 9.69 Å². The number of rotatable bonds is 11. The highest BCUT2D eigenvalue weighted by Crippen LogP contribution is 2.34. The average Bonchev–Trinajstić information content (AvgIpc) is 3.17. The number of nitrogens with zero attached hydrogens (tertiary/aromatic N) is 2. The van der Waals surface area contributed by atoms with Gasteiger partial charge < -0.3 is 16.8 Å². The third kappa shape index (κ3) is 7.17. The first-order valence-electron chi connectivity index (χ1n) is 11.2. The van der Waals surface area contributed by atoms with Gasteiger partial charge in [0, 0.05) is 12.2 Å². The Kier molecular flexibility index (Phi) is 9.64. The molecule has 0 saturated carbocycles. The minimum Gasteiger partial charge on any atom is -0.395 e. The predicted molar refractivity (Wildman–Crippen MR) is 129 cm³/mol. The molecule has 0 fully saturated rings. The minimum absolute atomic E-state index is 0.127. The lowest BCUT2D eigenvalue weighted by Crippen LogP contribution is -2.50. The highest BCUT2D eigenvalue weighted by molar-refractivity contribution is 7.09. The average molecular weight is 514 g/mol. The van der Waals surface area contributed by atoms with Gasteiger partial charge in [-0.05, 0) is 48.5 Å². The van der Waals surface area contributed by atoms with Gasteiger partial charge in [0.05, 0.1) is 11.3 Å². The molecule has 0 bridgehead atoms. The Morgan fingerprint density at radius 1 is 1.20 bits per heavy atom. The third-order valence-electron chi connectivity index (χ3n) is 5.29. The molecular formula is C23H30F3N5O3S. The second kappa shape index (κ2) is 12.0. The Hall–Kier alpha value is -3.15. The number of anilines is 2. The maximum atomic E-state index is 13.7. The summed E-state index contributed by atoms with van der Waals surface area (Å²) < 4.78 is 44.2. The smallest absolute Gasteiger partial charge is 0.395 e. The van der Waals surface area contributed by atoms with E-state index in [1.165, 1.54) is 6.07 Å². The molecule has 12 heteroatoms. The van der Waals surface area contributed by atoms with Crippen LogP contribution in [0.5, 0.6) is 0 Å². The van der Waals surface area contributed by atoms with Crippen LogP contribution in [0, 0.1) is 5.92 Å². The molecule has 1 atom stereocenters. The van der Waals surface area contributed by atoms with E-state index in [0.717, 1.165) is 23.1 Å². The van der Waals surface area contributed by atoms with Crippen molar-refractivity contribution in [1.82, 2.24) is 9.69 Å². The van der Waals surface area contributed by atoms with Crippen LogP contribution < -0.4 is 21.7 Å². The summed E-state index contributed by atoms with van der Waals surface area (Å²) in [6.45, 7) is 6.22. The summed E-state index contributed by atoms with van der Waals surface area (Å²) in [7, 11) is 0. The van der Waals surface area contributed by atoms with Crippen molar-refractivity contribution in [3.8, 4) is 0 Å². The van der Waals surface area contributed by atoms with Gasteiger partial charge in [0.15, 0.2) is 5.69 Å². The number of halogens is 3. The van der Waals surface area contributed by atoms with Crippen LogP contribution in [0.25, 0.3) is 0 Å². The Morgan fingerprint density at radius 2 is 1.89 bits per heavy atom. The number of alkyl halides is 3. The second-order valence-electron chi connectivity index (χ2n) is 8.49. The van der Waals surface area contributed by atoms with E-state index in [0.29, 0.717) is 43.3 Å². The van der Waals surface area contributed by atoms with Crippen molar-refractivity contribution in [1.29, 1.82) is 0 Å². The lowest BCUT2D eigenvalue weighted by molar-refractivity contribution is -0.137. The van der Waals surface area contributed by atoms with Crippen LogP contribution >= 0.6 is 11.5 Å². The zero-order valence-electron chi connectivity index (χ0n) is 19.8. The van der Waals surface area contributed by atoms with Gasteiger partial charge in [0.1, 0.15) is 10.9 Å². The van der Waals surface area contributed by atoms with Gasteiger partial charge >= 0.3 is 6.18 Å². The molecule has 192 valence electrons. The zero-order valence-corrected chi connectivity index (χ0v) is 20.6. The first-order valence-corrected chi connectivity index (χ1v) is 12.0. The standard InChI is InChI=1S/C23H30F3N5O3S/c1-4-5-9-16(21(33)29-11-10-13(2)3)31(15-8-6-7-14(12-15)23(24,25)26)22(34)19-17(27)18(20(28)32)30-35-19/h6-8,12-13,16H,4-5,9-11,27H2,1-3H3,(H2,28,32)(H,29,33)/t16-/m1/s1. The number of unbranched alkanes of at least 4 members (excludes halogenated alkanes) is 1. The number of amides is 3. The van der Waals surface area contributed by atoms with Gasteiger partial charge in [-0.25, -0.2) is 0 Å². The van der Waals surface area contributed by atoms with E-state index < -0.39 is 35.5 Å². The van der Waals surface area contributed by atoms with Crippen molar-refractivity contribution in [2.45, 2.75) is 58.7 Å². The minimum atomic E-state index is -4.66. The predicted octanol–water partition coefficient (Wildman–Crippen LogP) is 4.21. The topological polar surface area (TPSA) is 131 Å². The molecular weight excluding hydrogens is 483 g/mol. The molecule has 0 aliphatic carbocycles. The molecule has 2 aromatic rings. The molecule has 35 heavy (non-hydrogen) atoms. The van der Waals surface area contributed by atoms with Crippen LogP contribution in [-0.4, -0.2) is 34.7 Å². The number of hydrogen-bond acceptors (Lipinski definition) is 6. The molecule has 0 aliphatic rings. The molecule has 5 N–H and O–H groups in total. The van der Waals surface area contributed by atoms with Crippen molar-refractivity contribution in [3.05, 3.63) is 40.4 Å². The van der Waals surface area contributed by atoms with Crippen LogP contribution in [-0.2, 0) is 11.0 Å². The van der Waals surface area contributed by atoms with Crippen molar-refractivity contribution in [2.75, 3.05) is 17.2 Å².